The second-order valence-electron chi connectivity index (χ2n) is 7.49. The molecule has 1 saturated carbocycles. The molecule has 158 valence electrons. The number of aliphatic hydroxyl groups excluding tert-OH is 1. The van der Waals surface area contributed by atoms with E-state index in [0.29, 0.717) is 25.1 Å². The summed E-state index contributed by atoms with van der Waals surface area (Å²) < 4.78 is 28.7. The average molecular weight is 438 g/mol. The minimum atomic E-state index is -1.17. The molecular formula is C20H18ClF2N3O4. The van der Waals surface area contributed by atoms with Gasteiger partial charge in [0.25, 0.3) is 11.7 Å². The maximum absolute atomic E-state index is 13.8. The monoisotopic (exact) mass is 437 g/mol. The van der Waals surface area contributed by atoms with Crippen LogP contribution in [0.1, 0.15) is 45.8 Å². The van der Waals surface area contributed by atoms with E-state index in [0.717, 1.165) is 17.0 Å². The Hall–Kier alpha value is -2.78. The first-order chi connectivity index (χ1) is 14.2. The lowest BCUT2D eigenvalue weighted by molar-refractivity contribution is -0.116. The van der Waals surface area contributed by atoms with Crippen LogP contribution in [-0.4, -0.2) is 39.4 Å². The van der Waals surface area contributed by atoms with Crippen molar-refractivity contribution in [2.45, 2.75) is 44.4 Å². The first-order valence-corrected chi connectivity index (χ1v) is 9.80. The number of ketones is 1. The lowest BCUT2D eigenvalue weighted by Crippen LogP contribution is -2.52. The molecule has 0 unspecified atom stereocenters. The van der Waals surface area contributed by atoms with Gasteiger partial charge in [-0.3, -0.25) is 14.4 Å². The SMILES string of the molecule is NC(=O)c1c(Cl)c(C(=O)C(=O)N(c2ccc(F)c(F)c2)C2CC(O)C2)n2c1CCC2. The zero-order valence-electron chi connectivity index (χ0n) is 15.7. The van der Waals surface area contributed by atoms with E-state index in [2.05, 4.69) is 0 Å². The van der Waals surface area contributed by atoms with Crippen LogP contribution in [0.3, 0.4) is 0 Å². The summed E-state index contributed by atoms with van der Waals surface area (Å²) in [5, 5.41) is 9.47. The second-order valence-corrected chi connectivity index (χ2v) is 7.86. The van der Waals surface area contributed by atoms with Crippen LogP contribution in [0.2, 0.25) is 5.02 Å². The highest BCUT2D eigenvalue weighted by Crippen LogP contribution is 2.35. The number of anilines is 1. The van der Waals surface area contributed by atoms with E-state index in [1.807, 2.05) is 0 Å². The Labute approximate surface area is 175 Å². The van der Waals surface area contributed by atoms with Crippen molar-refractivity contribution in [3.63, 3.8) is 0 Å². The number of primary amides is 1. The number of nitrogens with two attached hydrogens (primary N) is 1. The summed E-state index contributed by atoms with van der Waals surface area (Å²) in [7, 11) is 0. The van der Waals surface area contributed by atoms with Crippen LogP contribution >= 0.6 is 11.6 Å². The van der Waals surface area contributed by atoms with Gasteiger partial charge in [0, 0.05) is 30.0 Å². The Balaban J connectivity index is 1.76. The first kappa shape index (κ1) is 20.5. The smallest absolute Gasteiger partial charge is 0.301 e. The van der Waals surface area contributed by atoms with Gasteiger partial charge in [0.15, 0.2) is 11.6 Å². The first-order valence-electron chi connectivity index (χ1n) is 9.42. The highest BCUT2D eigenvalue weighted by Gasteiger charge is 2.41. The molecule has 1 fully saturated rings. The molecule has 0 bridgehead atoms. The number of amides is 2. The van der Waals surface area contributed by atoms with Gasteiger partial charge in [-0.15, -0.1) is 0 Å². The van der Waals surface area contributed by atoms with Crippen molar-refractivity contribution in [1.29, 1.82) is 0 Å². The maximum atomic E-state index is 13.8. The molecular weight excluding hydrogens is 420 g/mol. The number of rotatable bonds is 5. The van der Waals surface area contributed by atoms with E-state index in [-0.39, 0.29) is 34.8 Å². The van der Waals surface area contributed by atoms with Crippen molar-refractivity contribution in [2.75, 3.05) is 4.90 Å². The standard InChI is InChI=1S/C20H18ClF2N3O4/c21-16-15(19(24)29)14-2-1-5-25(14)17(16)18(28)20(30)26(10-6-11(27)7-10)9-3-4-12(22)13(23)8-9/h3-4,8,10-11,27H,1-2,5-7H2,(H2,24,29). The third kappa shape index (κ3) is 3.18. The van der Waals surface area contributed by atoms with Crippen molar-refractivity contribution in [3.05, 3.63) is 51.8 Å². The number of hydrogen-bond acceptors (Lipinski definition) is 4. The van der Waals surface area contributed by atoms with Crippen LogP contribution in [0.25, 0.3) is 0 Å². The zero-order valence-corrected chi connectivity index (χ0v) is 16.5. The van der Waals surface area contributed by atoms with E-state index < -0.39 is 41.4 Å². The minimum absolute atomic E-state index is 0.0106. The summed E-state index contributed by atoms with van der Waals surface area (Å²) in [5.41, 5.74) is 5.77. The van der Waals surface area contributed by atoms with Crippen molar-refractivity contribution in [1.82, 2.24) is 4.57 Å². The molecule has 0 radical (unpaired) electrons. The molecule has 4 rings (SSSR count). The fraction of sp³-hybridized carbons (Fsp3) is 0.350. The minimum Gasteiger partial charge on any atom is -0.393 e. The van der Waals surface area contributed by atoms with Gasteiger partial charge in [0.1, 0.15) is 5.69 Å². The Kier molecular flexibility index (Phi) is 5.11. The Morgan fingerprint density at radius 1 is 1.20 bits per heavy atom. The normalized spacial score (nSPS) is 19.9. The molecule has 1 aliphatic carbocycles. The van der Waals surface area contributed by atoms with Gasteiger partial charge >= 0.3 is 5.91 Å². The topological polar surface area (TPSA) is 106 Å². The van der Waals surface area contributed by atoms with E-state index >= 15 is 0 Å². The molecule has 7 nitrogen and oxygen atoms in total. The maximum Gasteiger partial charge on any atom is 0.301 e. The van der Waals surface area contributed by atoms with Gasteiger partial charge < -0.3 is 20.3 Å². The van der Waals surface area contributed by atoms with Crippen LogP contribution in [0.15, 0.2) is 18.2 Å². The number of nitrogens with zero attached hydrogens (tertiary/aromatic N) is 2. The summed E-state index contributed by atoms with van der Waals surface area (Å²) in [6.45, 7) is 0.393. The van der Waals surface area contributed by atoms with Crippen LogP contribution < -0.4 is 10.6 Å². The number of aromatic nitrogens is 1. The Morgan fingerprint density at radius 3 is 2.50 bits per heavy atom. The van der Waals surface area contributed by atoms with E-state index in [1.54, 1.807) is 0 Å². The largest absolute Gasteiger partial charge is 0.393 e. The van der Waals surface area contributed by atoms with Gasteiger partial charge in [-0.1, -0.05) is 11.6 Å². The summed E-state index contributed by atoms with van der Waals surface area (Å²) in [5.74, 6) is -5.05. The number of Topliss-reactive ketones (excluding diaryl/α,β-unsaturated/α-hetero) is 1. The highest BCUT2D eigenvalue weighted by atomic mass is 35.5. The highest BCUT2D eigenvalue weighted by molar-refractivity contribution is 6.50. The molecule has 1 aromatic heterocycles. The molecule has 0 spiro atoms. The summed E-state index contributed by atoms with van der Waals surface area (Å²) in [6, 6.07) is 2.30. The van der Waals surface area contributed by atoms with E-state index in [9.17, 15) is 28.3 Å². The molecule has 10 heteroatoms. The van der Waals surface area contributed by atoms with E-state index in [4.69, 9.17) is 17.3 Å². The fourth-order valence-corrected chi connectivity index (χ4v) is 4.52. The molecule has 1 aromatic carbocycles. The number of carbonyl (C=O) groups excluding carboxylic acids is 3. The van der Waals surface area contributed by atoms with Crippen molar-refractivity contribution in [2.24, 2.45) is 5.73 Å². The van der Waals surface area contributed by atoms with Gasteiger partial charge in [-0.2, -0.15) is 0 Å². The molecule has 1 aliphatic heterocycles. The third-order valence-electron chi connectivity index (χ3n) is 5.62. The Bertz CT molecular complexity index is 1080. The van der Waals surface area contributed by atoms with Crippen LogP contribution in [-0.2, 0) is 17.8 Å². The van der Waals surface area contributed by atoms with Gasteiger partial charge in [-0.05, 0) is 37.8 Å². The molecule has 30 heavy (non-hydrogen) atoms. The molecule has 2 heterocycles. The zero-order chi connectivity index (χ0) is 21.7. The predicted molar refractivity (Wildman–Crippen MR) is 103 cm³/mol. The molecule has 0 atom stereocenters. The van der Waals surface area contributed by atoms with Crippen LogP contribution in [0.4, 0.5) is 14.5 Å². The molecule has 2 aromatic rings. The number of fused-ring (bicyclic) bond motifs is 1. The van der Waals surface area contributed by atoms with Gasteiger partial charge in [0.05, 0.1) is 16.7 Å². The van der Waals surface area contributed by atoms with Gasteiger partial charge in [-0.25, -0.2) is 8.78 Å². The molecule has 2 amide bonds. The summed E-state index contributed by atoms with van der Waals surface area (Å²) >= 11 is 6.27. The predicted octanol–water partition coefficient (Wildman–Crippen LogP) is 2.20. The summed E-state index contributed by atoms with van der Waals surface area (Å²) in [6.07, 6.45) is 0.854. The van der Waals surface area contributed by atoms with Crippen molar-refractivity contribution < 1.29 is 28.3 Å². The lowest BCUT2D eigenvalue weighted by Gasteiger charge is -2.40. The Morgan fingerprint density at radius 2 is 1.90 bits per heavy atom. The quantitative estimate of drug-likeness (QED) is 0.552. The molecule has 3 N–H and O–H groups in total. The van der Waals surface area contributed by atoms with Gasteiger partial charge in [0.2, 0.25) is 0 Å². The van der Waals surface area contributed by atoms with Crippen LogP contribution in [0, 0.1) is 11.6 Å². The second kappa shape index (κ2) is 7.48. The number of aliphatic hydroxyl groups is 1. The van der Waals surface area contributed by atoms with E-state index in [1.165, 1.54) is 10.6 Å². The third-order valence-corrected chi connectivity index (χ3v) is 5.98. The lowest BCUT2D eigenvalue weighted by atomic mass is 9.87. The molecule has 2 aliphatic rings. The fourth-order valence-electron chi connectivity index (χ4n) is 4.13. The van der Waals surface area contributed by atoms with Crippen LogP contribution in [0.5, 0.6) is 0 Å². The van der Waals surface area contributed by atoms with Crippen molar-refractivity contribution in [3.8, 4) is 0 Å². The number of carbonyl (C=O) groups is 3. The molecule has 0 saturated heterocycles. The number of benzene rings is 1. The number of hydrogen-bond donors (Lipinski definition) is 2. The number of halogens is 3. The summed E-state index contributed by atoms with van der Waals surface area (Å²) in [4.78, 5) is 39.3. The average Bonchev–Trinajstić information content (AvgIpc) is 3.21. The van der Waals surface area contributed by atoms with Crippen molar-refractivity contribution >= 4 is 34.9 Å².